The molecule has 282 valence electrons. The lowest BCUT2D eigenvalue weighted by Gasteiger charge is -2.36. The van der Waals surface area contributed by atoms with E-state index in [9.17, 15) is 14.7 Å². The number of carbonyl (C=O) groups excluding carboxylic acids is 2. The first kappa shape index (κ1) is 38.2. The van der Waals surface area contributed by atoms with E-state index in [-0.39, 0.29) is 30.6 Å². The number of nitrogens with zero attached hydrogens (tertiary/aromatic N) is 1. The van der Waals surface area contributed by atoms with Crippen molar-refractivity contribution < 1.29 is 24.2 Å². The first-order valence-corrected chi connectivity index (χ1v) is 20.3. The van der Waals surface area contributed by atoms with E-state index in [1.54, 1.807) is 35.2 Å². The molecule has 0 spiro atoms. The van der Waals surface area contributed by atoms with E-state index < -0.39 is 6.29 Å². The molecule has 5 aromatic carbocycles. The quantitative estimate of drug-likeness (QED) is 0.0461. The third kappa shape index (κ3) is 10.2. The highest BCUT2D eigenvalue weighted by molar-refractivity contribution is 8.01. The molecule has 0 aliphatic carbocycles. The van der Waals surface area contributed by atoms with E-state index in [1.165, 1.54) is 4.70 Å². The Morgan fingerprint density at radius 2 is 1.53 bits per heavy atom. The molecule has 1 fully saturated rings. The fourth-order valence-corrected chi connectivity index (χ4v) is 8.66. The first-order valence-electron chi connectivity index (χ1n) is 18.5. The number of aliphatic hydroxyl groups is 1. The molecule has 11 heteroatoms. The third-order valence-electron chi connectivity index (χ3n) is 9.56. The number of benzene rings is 5. The average Bonchev–Trinajstić information content (AvgIpc) is 3.65. The van der Waals surface area contributed by atoms with E-state index in [2.05, 4.69) is 34.9 Å². The molecule has 7 rings (SSSR count). The number of nitrogens with two attached hydrogens (primary N) is 1. The summed E-state index contributed by atoms with van der Waals surface area (Å²) in [6.07, 6.45) is 1.74. The number of rotatable bonds is 15. The van der Waals surface area contributed by atoms with Gasteiger partial charge in [0, 0.05) is 37.1 Å². The first-order chi connectivity index (χ1) is 26.9. The molecule has 0 bridgehead atoms. The van der Waals surface area contributed by atoms with Gasteiger partial charge in [0.15, 0.2) is 10.6 Å². The maximum absolute atomic E-state index is 12.7. The van der Waals surface area contributed by atoms with Crippen LogP contribution in [0.1, 0.15) is 66.8 Å². The molecule has 0 unspecified atom stereocenters. The molecule has 5 N–H and O–H groups in total. The number of aliphatic hydroxyl groups excluding tert-OH is 1. The third-order valence-corrected chi connectivity index (χ3v) is 11.9. The summed E-state index contributed by atoms with van der Waals surface area (Å²) in [5.74, 6) is 0.565. The smallest absolute Gasteiger partial charge is 0.224 e. The summed E-state index contributed by atoms with van der Waals surface area (Å²) in [6, 6.07) is 39.6. The summed E-state index contributed by atoms with van der Waals surface area (Å²) in [5, 5.41) is 15.5. The summed E-state index contributed by atoms with van der Waals surface area (Å²) in [7, 11) is 0. The van der Waals surface area contributed by atoms with Crippen LogP contribution in [0.5, 0.6) is 0 Å². The second-order valence-corrected chi connectivity index (χ2v) is 15.8. The molecule has 9 nitrogen and oxygen atoms in total. The number of amides is 2. The Morgan fingerprint density at radius 1 is 0.818 bits per heavy atom. The van der Waals surface area contributed by atoms with Crippen LogP contribution in [0.25, 0.3) is 21.3 Å². The molecular weight excluding hydrogens is 729 g/mol. The Hall–Kier alpha value is -5.04. The van der Waals surface area contributed by atoms with Gasteiger partial charge in [0.05, 0.1) is 40.4 Å². The minimum atomic E-state index is -0.566. The maximum atomic E-state index is 12.7. The van der Waals surface area contributed by atoms with Crippen molar-refractivity contribution >= 4 is 56.5 Å². The zero-order valence-corrected chi connectivity index (χ0v) is 32.0. The number of anilines is 2. The number of nitrogens with one attached hydrogen (secondary N) is 2. The minimum absolute atomic E-state index is 0.00515. The highest BCUT2D eigenvalue weighted by Gasteiger charge is 2.32. The molecular formula is C44H44N4O5S2. The Morgan fingerprint density at radius 3 is 2.31 bits per heavy atom. The van der Waals surface area contributed by atoms with Gasteiger partial charge in [-0.1, -0.05) is 109 Å². The highest BCUT2D eigenvalue weighted by Crippen LogP contribution is 2.41. The zero-order valence-electron chi connectivity index (χ0n) is 30.4. The van der Waals surface area contributed by atoms with E-state index in [0.717, 1.165) is 49.0 Å². The second kappa shape index (κ2) is 18.5. The Labute approximate surface area is 329 Å². The predicted octanol–water partition coefficient (Wildman–Crippen LogP) is 9.19. The van der Waals surface area contributed by atoms with E-state index in [4.69, 9.17) is 20.2 Å². The number of para-hydroxylation sites is 3. The fourth-order valence-electron chi connectivity index (χ4n) is 6.55. The maximum Gasteiger partial charge on any atom is 0.224 e. The van der Waals surface area contributed by atoms with Crippen molar-refractivity contribution in [3.05, 3.63) is 144 Å². The van der Waals surface area contributed by atoms with Crippen LogP contribution in [0.4, 0.5) is 11.4 Å². The number of aromatic nitrogens is 1. The Kier molecular flexibility index (Phi) is 12.9. The number of ether oxygens (including phenoxy) is 2. The summed E-state index contributed by atoms with van der Waals surface area (Å²) >= 11 is 3.41. The van der Waals surface area contributed by atoms with Crippen molar-refractivity contribution in [1.82, 2.24) is 10.3 Å². The molecule has 1 aromatic heterocycles. The topological polar surface area (TPSA) is 136 Å². The van der Waals surface area contributed by atoms with Crippen LogP contribution in [-0.2, 0) is 32.2 Å². The SMILES string of the molecule is Nc1ccccc1NC(=O)CCCCC(=O)NCc1ccccc1-c1ccc([C@H]2O[C@@H](CSc3nc4ccccc4s3)C[C@@H](c3ccc(CO)cc3)O2)cc1. The van der Waals surface area contributed by atoms with Gasteiger partial charge in [-0.05, 0) is 64.9 Å². The number of thiazole rings is 1. The van der Waals surface area contributed by atoms with E-state index in [0.29, 0.717) is 50.0 Å². The van der Waals surface area contributed by atoms with Crippen molar-refractivity contribution in [3.8, 4) is 11.1 Å². The summed E-state index contributed by atoms with van der Waals surface area (Å²) in [5.41, 5.74) is 13.9. The number of nitrogen functional groups attached to an aromatic ring is 1. The van der Waals surface area contributed by atoms with Crippen LogP contribution < -0.4 is 16.4 Å². The summed E-state index contributed by atoms with van der Waals surface area (Å²) < 4.78 is 15.4. The monoisotopic (exact) mass is 772 g/mol. The molecule has 3 atom stereocenters. The van der Waals surface area contributed by atoms with Crippen LogP contribution in [0.15, 0.2) is 126 Å². The molecule has 1 aliphatic rings. The number of hydrogen-bond donors (Lipinski definition) is 4. The van der Waals surface area contributed by atoms with Gasteiger partial charge in [-0.3, -0.25) is 9.59 Å². The molecule has 6 aromatic rings. The number of unbranched alkanes of at least 4 members (excludes halogenated alkanes) is 1. The summed E-state index contributed by atoms with van der Waals surface area (Å²) in [4.78, 5) is 29.9. The molecule has 2 heterocycles. The number of hydrogen-bond acceptors (Lipinski definition) is 9. The standard InChI is InChI=1S/C44H44N4O5S2/c45-36-11-3-4-12-37(36)47-42(51)16-8-7-15-41(50)46-26-33-9-1-2-10-35(33)30-21-23-32(24-22-30)43-52-34(25-39(53-43)31-19-17-29(27-49)18-20-31)28-54-44-48-38-13-5-6-14-40(38)55-44/h1-6,9-14,17-24,34,39,43,49H,7-8,15-16,25-28,45H2,(H,46,50)(H,47,51)/t34-,39+,43+/m1/s1. The highest BCUT2D eigenvalue weighted by atomic mass is 32.2. The van der Waals surface area contributed by atoms with Crippen molar-refractivity contribution in [2.75, 3.05) is 16.8 Å². The van der Waals surface area contributed by atoms with Gasteiger partial charge in [-0.15, -0.1) is 11.3 Å². The molecule has 0 saturated carbocycles. The molecule has 0 radical (unpaired) electrons. The van der Waals surface area contributed by atoms with Crippen LogP contribution in [0.3, 0.4) is 0 Å². The predicted molar refractivity (Wildman–Crippen MR) is 220 cm³/mol. The van der Waals surface area contributed by atoms with E-state index in [1.807, 2.05) is 84.9 Å². The Balaban J connectivity index is 0.960. The molecule has 1 saturated heterocycles. The van der Waals surface area contributed by atoms with Crippen molar-refractivity contribution in [2.24, 2.45) is 0 Å². The van der Waals surface area contributed by atoms with Gasteiger partial charge in [0.25, 0.3) is 0 Å². The summed E-state index contributed by atoms with van der Waals surface area (Å²) in [6.45, 7) is 0.388. The lowest BCUT2D eigenvalue weighted by Crippen LogP contribution is -2.31. The lowest BCUT2D eigenvalue weighted by atomic mass is 9.97. The number of carbonyl (C=O) groups is 2. The zero-order chi connectivity index (χ0) is 38.0. The molecule has 2 amide bonds. The fraction of sp³-hybridized carbons (Fsp3) is 0.250. The van der Waals surface area contributed by atoms with Crippen molar-refractivity contribution in [2.45, 2.75) is 68.1 Å². The van der Waals surface area contributed by atoms with Crippen LogP contribution in [-0.4, -0.2) is 33.8 Å². The van der Waals surface area contributed by atoms with Gasteiger partial charge in [-0.25, -0.2) is 4.98 Å². The van der Waals surface area contributed by atoms with Gasteiger partial charge < -0.3 is 30.9 Å². The van der Waals surface area contributed by atoms with Gasteiger partial charge in [0.2, 0.25) is 11.8 Å². The van der Waals surface area contributed by atoms with Gasteiger partial charge >= 0.3 is 0 Å². The largest absolute Gasteiger partial charge is 0.397 e. The normalized spacial score (nSPS) is 16.9. The average molecular weight is 773 g/mol. The number of fused-ring (bicyclic) bond motifs is 1. The Bertz CT molecular complexity index is 2180. The lowest BCUT2D eigenvalue weighted by molar-refractivity contribution is -0.245. The van der Waals surface area contributed by atoms with Crippen LogP contribution >= 0.6 is 23.1 Å². The van der Waals surface area contributed by atoms with Gasteiger partial charge in [-0.2, -0.15) is 0 Å². The van der Waals surface area contributed by atoms with Gasteiger partial charge in [0.1, 0.15) is 0 Å². The van der Waals surface area contributed by atoms with Crippen LogP contribution in [0.2, 0.25) is 0 Å². The second-order valence-electron chi connectivity index (χ2n) is 13.5. The molecule has 1 aliphatic heterocycles. The van der Waals surface area contributed by atoms with E-state index >= 15 is 0 Å². The number of thioether (sulfide) groups is 1. The van der Waals surface area contributed by atoms with Crippen LogP contribution in [0, 0.1) is 0 Å². The van der Waals surface area contributed by atoms with Crippen molar-refractivity contribution in [1.29, 1.82) is 0 Å². The minimum Gasteiger partial charge on any atom is -0.397 e. The van der Waals surface area contributed by atoms with Crippen molar-refractivity contribution in [3.63, 3.8) is 0 Å². The molecule has 55 heavy (non-hydrogen) atoms.